The second kappa shape index (κ2) is 10.4. The molecule has 0 spiro atoms. The van der Waals surface area contributed by atoms with Crippen LogP contribution in [0.4, 0.5) is 0 Å². The van der Waals surface area contributed by atoms with Gasteiger partial charge in [0, 0.05) is 55.6 Å². The summed E-state index contributed by atoms with van der Waals surface area (Å²) >= 11 is 7.71. The van der Waals surface area contributed by atoms with Crippen LogP contribution in [0.3, 0.4) is 0 Å². The lowest BCUT2D eigenvalue weighted by molar-refractivity contribution is -0.132. The van der Waals surface area contributed by atoms with Crippen molar-refractivity contribution in [2.24, 2.45) is 0 Å². The molecule has 1 saturated heterocycles. The number of rotatable bonds is 6. The van der Waals surface area contributed by atoms with E-state index < -0.39 is 10.0 Å². The lowest BCUT2D eigenvalue weighted by atomic mass is 9.93. The van der Waals surface area contributed by atoms with Gasteiger partial charge in [0.2, 0.25) is 15.9 Å². The van der Waals surface area contributed by atoms with Crippen LogP contribution in [0.5, 0.6) is 0 Å². The van der Waals surface area contributed by atoms with Crippen LogP contribution >= 0.6 is 22.9 Å². The molecule has 0 radical (unpaired) electrons. The zero-order valence-corrected chi connectivity index (χ0v) is 21.7. The van der Waals surface area contributed by atoms with Gasteiger partial charge in [-0.25, -0.2) is 8.42 Å². The number of thiophene rings is 1. The summed E-state index contributed by atoms with van der Waals surface area (Å²) < 4.78 is 27.3. The second-order valence-electron chi connectivity index (χ2n) is 8.89. The quantitative estimate of drug-likeness (QED) is 0.478. The highest BCUT2D eigenvalue weighted by Crippen LogP contribution is 2.37. The van der Waals surface area contributed by atoms with Gasteiger partial charge in [-0.15, -0.1) is 11.3 Å². The highest BCUT2D eigenvalue weighted by atomic mass is 35.5. The Kier molecular flexibility index (Phi) is 7.27. The SMILES string of the molecule is O=C(CCN1CCc2sccc2[C@@H]1c1ccccc1)N1CCN(S(=O)(=O)c2ccc(Cl)cc2)CC1. The molecule has 2 aliphatic rings. The van der Waals surface area contributed by atoms with Crippen molar-refractivity contribution in [3.05, 3.63) is 87.1 Å². The number of benzene rings is 2. The molecule has 1 fully saturated rings. The van der Waals surface area contributed by atoms with Gasteiger partial charge >= 0.3 is 0 Å². The van der Waals surface area contributed by atoms with Crippen molar-refractivity contribution in [1.29, 1.82) is 0 Å². The Morgan fingerprint density at radius 2 is 1.66 bits per heavy atom. The minimum absolute atomic E-state index is 0.0801. The van der Waals surface area contributed by atoms with Crippen LogP contribution < -0.4 is 0 Å². The van der Waals surface area contributed by atoms with Crippen molar-refractivity contribution in [2.75, 3.05) is 39.3 Å². The molecule has 2 aromatic carbocycles. The number of carbonyl (C=O) groups excluding carboxylic acids is 1. The van der Waals surface area contributed by atoms with E-state index in [4.69, 9.17) is 11.6 Å². The Morgan fingerprint density at radius 3 is 2.37 bits per heavy atom. The highest BCUT2D eigenvalue weighted by Gasteiger charge is 2.32. The number of hydrogen-bond acceptors (Lipinski definition) is 5. The molecule has 6 nitrogen and oxygen atoms in total. The first kappa shape index (κ1) is 24.5. The van der Waals surface area contributed by atoms with E-state index in [1.165, 1.54) is 32.4 Å². The zero-order chi connectivity index (χ0) is 24.4. The Morgan fingerprint density at radius 1 is 0.943 bits per heavy atom. The summed E-state index contributed by atoms with van der Waals surface area (Å²) in [6.07, 6.45) is 1.43. The van der Waals surface area contributed by atoms with Gasteiger partial charge in [-0.05, 0) is 53.3 Å². The minimum atomic E-state index is -3.59. The molecule has 35 heavy (non-hydrogen) atoms. The monoisotopic (exact) mass is 529 g/mol. The number of fused-ring (bicyclic) bond motifs is 1. The Balaban J connectivity index is 1.20. The molecule has 5 rings (SSSR count). The molecule has 0 unspecified atom stereocenters. The van der Waals surface area contributed by atoms with Crippen LogP contribution in [0.15, 0.2) is 70.9 Å². The van der Waals surface area contributed by atoms with E-state index >= 15 is 0 Å². The molecule has 1 atom stereocenters. The van der Waals surface area contributed by atoms with Crippen LogP contribution in [0.25, 0.3) is 0 Å². The van der Waals surface area contributed by atoms with Gasteiger partial charge in [-0.3, -0.25) is 9.69 Å². The van der Waals surface area contributed by atoms with E-state index in [1.54, 1.807) is 17.0 Å². The molecule has 1 aromatic heterocycles. The molecule has 3 heterocycles. The van der Waals surface area contributed by atoms with Crippen molar-refractivity contribution in [1.82, 2.24) is 14.1 Å². The van der Waals surface area contributed by atoms with Crippen molar-refractivity contribution in [3.8, 4) is 0 Å². The number of halogens is 1. The third-order valence-electron chi connectivity index (χ3n) is 6.84. The molecule has 0 saturated carbocycles. The lowest BCUT2D eigenvalue weighted by Gasteiger charge is -2.37. The van der Waals surface area contributed by atoms with E-state index in [0.717, 1.165) is 13.0 Å². The molecule has 0 aliphatic carbocycles. The van der Waals surface area contributed by atoms with Gasteiger partial charge in [0.1, 0.15) is 0 Å². The van der Waals surface area contributed by atoms with E-state index in [2.05, 4.69) is 40.6 Å². The van der Waals surface area contributed by atoms with Crippen LogP contribution in [0, 0.1) is 0 Å². The van der Waals surface area contributed by atoms with Gasteiger partial charge in [-0.2, -0.15) is 4.31 Å². The molecule has 0 bridgehead atoms. The number of sulfonamides is 1. The smallest absolute Gasteiger partial charge is 0.243 e. The van der Waals surface area contributed by atoms with E-state index in [1.807, 2.05) is 17.4 Å². The molecule has 9 heteroatoms. The van der Waals surface area contributed by atoms with E-state index in [0.29, 0.717) is 44.2 Å². The predicted molar refractivity (Wildman–Crippen MR) is 139 cm³/mol. The van der Waals surface area contributed by atoms with E-state index in [-0.39, 0.29) is 16.8 Å². The largest absolute Gasteiger partial charge is 0.340 e. The average molecular weight is 530 g/mol. The fourth-order valence-corrected chi connectivity index (χ4v) is 7.42. The standard InChI is InChI=1S/C26H28ClN3O3S2/c27-21-6-8-22(9-7-21)35(32,33)30-17-15-28(16-18-30)25(31)11-14-29-13-10-24-23(12-19-34-24)26(29)20-4-2-1-3-5-20/h1-9,12,19,26H,10-11,13-18H2/t26-/m0/s1. The molecule has 184 valence electrons. The Bertz CT molecular complexity index is 1270. The number of hydrogen-bond donors (Lipinski definition) is 0. The Labute approximate surface area is 215 Å². The molecule has 0 N–H and O–H groups in total. The first-order valence-corrected chi connectivity index (χ1v) is 14.5. The zero-order valence-electron chi connectivity index (χ0n) is 19.3. The normalized spacial score (nSPS) is 19.5. The van der Waals surface area contributed by atoms with E-state index in [9.17, 15) is 13.2 Å². The van der Waals surface area contributed by atoms with Crippen molar-refractivity contribution < 1.29 is 13.2 Å². The summed E-state index contributed by atoms with van der Waals surface area (Å²) in [7, 11) is -3.59. The number of amides is 1. The maximum Gasteiger partial charge on any atom is 0.243 e. The topological polar surface area (TPSA) is 60.9 Å². The number of carbonyl (C=O) groups is 1. The summed E-state index contributed by atoms with van der Waals surface area (Å²) in [4.78, 5) is 18.9. The Hall–Kier alpha value is -2.23. The first-order valence-electron chi connectivity index (χ1n) is 11.8. The summed E-state index contributed by atoms with van der Waals surface area (Å²) in [5, 5.41) is 2.66. The fourth-order valence-electron chi connectivity index (χ4n) is 4.97. The van der Waals surface area contributed by atoms with Gasteiger partial charge in [-0.1, -0.05) is 41.9 Å². The van der Waals surface area contributed by atoms with Crippen LogP contribution in [-0.4, -0.2) is 67.7 Å². The molecular formula is C26H28ClN3O3S2. The van der Waals surface area contributed by atoms with Crippen LogP contribution in [0.1, 0.15) is 28.5 Å². The van der Waals surface area contributed by atoms with Crippen molar-refractivity contribution >= 4 is 38.9 Å². The van der Waals surface area contributed by atoms with Crippen molar-refractivity contribution in [3.63, 3.8) is 0 Å². The number of nitrogens with zero attached hydrogens (tertiary/aromatic N) is 3. The maximum absolute atomic E-state index is 13.1. The summed E-state index contributed by atoms with van der Waals surface area (Å²) in [5.41, 5.74) is 2.60. The maximum atomic E-state index is 13.1. The minimum Gasteiger partial charge on any atom is -0.340 e. The molecule has 3 aromatic rings. The predicted octanol–water partition coefficient (Wildman–Crippen LogP) is 4.27. The fraction of sp³-hybridized carbons (Fsp3) is 0.346. The summed E-state index contributed by atoms with van der Waals surface area (Å²) in [5.74, 6) is 0.0801. The second-order valence-corrected chi connectivity index (χ2v) is 12.3. The third kappa shape index (κ3) is 5.17. The van der Waals surface area contributed by atoms with Gasteiger partial charge in [0.25, 0.3) is 0 Å². The molecule has 1 amide bonds. The third-order valence-corrected chi connectivity index (χ3v) is 10.00. The summed E-state index contributed by atoms with van der Waals surface area (Å²) in [6, 6.07) is 19.1. The first-order chi connectivity index (χ1) is 16.9. The summed E-state index contributed by atoms with van der Waals surface area (Å²) in [6.45, 7) is 3.01. The lowest BCUT2D eigenvalue weighted by Crippen LogP contribution is -2.51. The highest BCUT2D eigenvalue weighted by molar-refractivity contribution is 7.89. The van der Waals surface area contributed by atoms with Gasteiger partial charge < -0.3 is 4.90 Å². The van der Waals surface area contributed by atoms with Gasteiger partial charge in [0.15, 0.2) is 0 Å². The van der Waals surface area contributed by atoms with Crippen LogP contribution in [0.2, 0.25) is 5.02 Å². The van der Waals surface area contributed by atoms with Gasteiger partial charge in [0.05, 0.1) is 10.9 Å². The number of piperazine rings is 1. The molecule has 2 aliphatic heterocycles. The van der Waals surface area contributed by atoms with Crippen LogP contribution in [-0.2, 0) is 21.2 Å². The molecular weight excluding hydrogens is 502 g/mol. The average Bonchev–Trinajstić information content (AvgIpc) is 3.37. The van der Waals surface area contributed by atoms with Crippen molar-refractivity contribution in [2.45, 2.75) is 23.8 Å².